The van der Waals surface area contributed by atoms with Gasteiger partial charge in [0, 0.05) is 11.6 Å². The monoisotopic (exact) mass is 433 g/mol. The van der Waals surface area contributed by atoms with E-state index in [-0.39, 0.29) is 16.5 Å². The largest absolute Gasteiger partial charge is 0.348 e. The summed E-state index contributed by atoms with van der Waals surface area (Å²) in [5.41, 5.74) is -2.39. The number of H-pyrrole nitrogens is 1. The van der Waals surface area contributed by atoms with E-state index in [1.807, 2.05) is 0 Å². The van der Waals surface area contributed by atoms with Crippen LogP contribution in [0.5, 0.6) is 0 Å². The van der Waals surface area contributed by atoms with Crippen LogP contribution in [0.1, 0.15) is 45.3 Å². The topological polar surface area (TPSA) is 84.0 Å². The first-order chi connectivity index (χ1) is 14.4. The minimum absolute atomic E-state index is 0.0456. The molecule has 1 amide bonds. The fraction of sp³-hybridized carbons (Fsp3) is 0.318. The number of benzene rings is 2. The van der Waals surface area contributed by atoms with Gasteiger partial charge >= 0.3 is 5.69 Å². The Morgan fingerprint density at radius 1 is 1.03 bits per heavy atom. The van der Waals surface area contributed by atoms with Crippen molar-refractivity contribution in [3.63, 3.8) is 0 Å². The van der Waals surface area contributed by atoms with Crippen LogP contribution in [0.3, 0.4) is 0 Å². The number of fused-ring (bicyclic) bond motifs is 1. The summed E-state index contributed by atoms with van der Waals surface area (Å²) < 4.78 is 41.7. The molecule has 0 aliphatic heterocycles. The van der Waals surface area contributed by atoms with Crippen LogP contribution >= 0.6 is 0 Å². The lowest BCUT2D eigenvalue weighted by Crippen LogP contribution is -2.49. The number of amides is 1. The second-order valence-electron chi connectivity index (χ2n) is 8.46. The fourth-order valence-corrected chi connectivity index (χ4v) is 3.55. The Hall–Kier alpha value is -3.36. The van der Waals surface area contributed by atoms with Gasteiger partial charge in [-0.15, -0.1) is 0 Å². The van der Waals surface area contributed by atoms with Gasteiger partial charge in [-0.3, -0.25) is 9.59 Å². The summed E-state index contributed by atoms with van der Waals surface area (Å²) in [6, 6.07) is 4.17. The van der Waals surface area contributed by atoms with Crippen molar-refractivity contribution in [2.24, 2.45) is 5.41 Å². The van der Waals surface area contributed by atoms with Crippen molar-refractivity contribution in [1.29, 1.82) is 0 Å². The van der Waals surface area contributed by atoms with Gasteiger partial charge in [0.15, 0.2) is 0 Å². The van der Waals surface area contributed by atoms with E-state index < -0.39 is 52.1 Å². The molecule has 0 aliphatic rings. The number of aromatic amines is 1. The number of hydrogen-bond donors (Lipinski definition) is 2. The van der Waals surface area contributed by atoms with Gasteiger partial charge in [0.2, 0.25) is 5.91 Å². The lowest BCUT2D eigenvalue weighted by Gasteiger charge is -2.31. The lowest BCUT2D eigenvalue weighted by atomic mass is 9.85. The molecular weight excluding hydrogens is 411 g/mol. The summed E-state index contributed by atoms with van der Waals surface area (Å²) in [5, 5.41) is 2.50. The average Bonchev–Trinajstić information content (AvgIpc) is 2.64. The zero-order chi connectivity index (χ0) is 23.1. The normalized spacial score (nSPS) is 13.8. The second-order valence-corrected chi connectivity index (χ2v) is 8.46. The standard InChI is InChI=1S/C22H22F3N3O3/c1-11(14-7-5-13(24)10-16(14)25)26-19(29)18(22(2,3)4)28-20(30)15-9-12(23)6-8-17(15)27-21(28)31/h5-11,18H,1-4H3,(H,26,29)(H,27,31)/t11-,18-/m0/s1. The SMILES string of the molecule is C[C@H](NC(=O)[C@H](n1c(=O)[nH]c2ccc(F)cc2c1=O)C(C)(C)C)c1ccc(F)cc1F. The second kappa shape index (κ2) is 8.05. The minimum Gasteiger partial charge on any atom is -0.348 e. The molecule has 2 atom stereocenters. The molecule has 1 heterocycles. The van der Waals surface area contributed by atoms with Crippen molar-refractivity contribution in [3.05, 3.63) is 80.3 Å². The van der Waals surface area contributed by atoms with Gasteiger partial charge in [0.1, 0.15) is 23.5 Å². The summed E-state index contributed by atoms with van der Waals surface area (Å²) in [7, 11) is 0. The number of hydrogen-bond acceptors (Lipinski definition) is 3. The van der Waals surface area contributed by atoms with Crippen LogP contribution in [-0.2, 0) is 4.79 Å². The molecule has 31 heavy (non-hydrogen) atoms. The van der Waals surface area contributed by atoms with Crippen molar-refractivity contribution in [1.82, 2.24) is 14.9 Å². The molecule has 0 radical (unpaired) electrons. The van der Waals surface area contributed by atoms with Crippen molar-refractivity contribution in [2.75, 3.05) is 0 Å². The maximum absolute atomic E-state index is 14.1. The smallest absolute Gasteiger partial charge is 0.329 e. The summed E-state index contributed by atoms with van der Waals surface area (Å²) in [6.45, 7) is 6.46. The highest BCUT2D eigenvalue weighted by atomic mass is 19.1. The van der Waals surface area contributed by atoms with Gasteiger partial charge in [0.25, 0.3) is 5.56 Å². The summed E-state index contributed by atoms with van der Waals surface area (Å²) >= 11 is 0. The molecule has 2 N–H and O–H groups in total. The number of carbonyl (C=O) groups excluding carboxylic acids is 1. The van der Waals surface area contributed by atoms with Crippen molar-refractivity contribution >= 4 is 16.8 Å². The number of nitrogens with zero attached hydrogens (tertiary/aromatic N) is 1. The zero-order valence-corrected chi connectivity index (χ0v) is 17.4. The van der Waals surface area contributed by atoms with Crippen LogP contribution in [0, 0.1) is 22.9 Å². The predicted octanol–water partition coefficient (Wildman–Crippen LogP) is 3.57. The molecule has 6 nitrogen and oxygen atoms in total. The molecule has 0 spiro atoms. The average molecular weight is 433 g/mol. The summed E-state index contributed by atoms with van der Waals surface area (Å²) in [5.74, 6) is -2.97. The van der Waals surface area contributed by atoms with Crippen molar-refractivity contribution in [2.45, 2.75) is 39.8 Å². The van der Waals surface area contributed by atoms with Gasteiger partial charge in [0.05, 0.1) is 16.9 Å². The molecule has 0 aliphatic carbocycles. The Morgan fingerprint density at radius 2 is 1.65 bits per heavy atom. The number of aromatic nitrogens is 2. The molecule has 0 unspecified atom stereocenters. The molecule has 0 fully saturated rings. The van der Waals surface area contributed by atoms with E-state index in [1.165, 1.54) is 19.1 Å². The first-order valence-corrected chi connectivity index (χ1v) is 9.59. The van der Waals surface area contributed by atoms with Crippen LogP contribution in [0.4, 0.5) is 13.2 Å². The number of rotatable bonds is 4. The Kier molecular flexibility index (Phi) is 5.80. The van der Waals surface area contributed by atoms with Gasteiger partial charge in [-0.1, -0.05) is 26.8 Å². The van der Waals surface area contributed by atoms with E-state index in [4.69, 9.17) is 0 Å². The molecule has 1 aromatic heterocycles. The number of nitrogens with one attached hydrogen (secondary N) is 2. The lowest BCUT2D eigenvalue weighted by molar-refractivity contribution is -0.128. The third-order valence-electron chi connectivity index (χ3n) is 5.01. The minimum atomic E-state index is -1.29. The van der Waals surface area contributed by atoms with E-state index in [0.29, 0.717) is 6.07 Å². The molecule has 0 saturated carbocycles. The third kappa shape index (κ3) is 4.40. The molecule has 3 aromatic rings. The van der Waals surface area contributed by atoms with Gasteiger partial charge < -0.3 is 10.3 Å². The van der Waals surface area contributed by atoms with Crippen LogP contribution in [0.2, 0.25) is 0 Å². The zero-order valence-electron chi connectivity index (χ0n) is 17.4. The summed E-state index contributed by atoms with van der Waals surface area (Å²) in [4.78, 5) is 41.4. The Labute approximate surface area is 175 Å². The number of carbonyl (C=O) groups is 1. The maximum atomic E-state index is 14.1. The first kappa shape index (κ1) is 22.3. The fourth-order valence-electron chi connectivity index (χ4n) is 3.55. The molecule has 9 heteroatoms. The third-order valence-corrected chi connectivity index (χ3v) is 5.01. The van der Waals surface area contributed by atoms with E-state index in [0.717, 1.165) is 22.8 Å². The molecular formula is C22H22F3N3O3. The van der Waals surface area contributed by atoms with Crippen LogP contribution in [-0.4, -0.2) is 15.5 Å². The molecule has 0 bridgehead atoms. The van der Waals surface area contributed by atoms with Crippen molar-refractivity contribution < 1.29 is 18.0 Å². The highest BCUT2D eigenvalue weighted by Gasteiger charge is 2.36. The van der Waals surface area contributed by atoms with Gasteiger partial charge in [-0.25, -0.2) is 22.5 Å². The van der Waals surface area contributed by atoms with Gasteiger partial charge in [-0.2, -0.15) is 0 Å². The van der Waals surface area contributed by atoms with E-state index in [9.17, 15) is 27.6 Å². The van der Waals surface area contributed by atoms with Crippen LogP contribution in [0.25, 0.3) is 10.9 Å². The maximum Gasteiger partial charge on any atom is 0.329 e. The van der Waals surface area contributed by atoms with Crippen LogP contribution in [0.15, 0.2) is 46.0 Å². The van der Waals surface area contributed by atoms with Gasteiger partial charge in [-0.05, 0) is 36.6 Å². The Bertz CT molecular complexity index is 1270. The van der Waals surface area contributed by atoms with E-state index >= 15 is 0 Å². The Balaban J connectivity index is 2.08. The molecule has 2 aromatic carbocycles. The molecule has 3 rings (SSSR count). The molecule has 0 saturated heterocycles. The highest BCUT2D eigenvalue weighted by molar-refractivity contribution is 5.82. The first-order valence-electron chi connectivity index (χ1n) is 9.59. The van der Waals surface area contributed by atoms with Crippen LogP contribution < -0.4 is 16.6 Å². The Morgan fingerprint density at radius 3 is 2.26 bits per heavy atom. The highest BCUT2D eigenvalue weighted by Crippen LogP contribution is 2.30. The quantitative estimate of drug-likeness (QED) is 0.660. The summed E-state index contributed by atoms with van der Waals surface area (Å²) in [6.07, 6.45) is 0. The molecule has 164 valence electrons. The van der Waals surface area contributed by atoms with E-state index in [1.54, 1.807) is 20.8 Å². The number of halogens is 3. The predicted molar refractivity (Wildman–Crippen MR) is 110 cm³/mol. The van der Waals surface area contributed by atoms with Crippen molar-refractivity contribution in [3.8, 4) is 0 Å². The van der Waals surface area contributed by atoms with E-state index in [2.05, 4.69) is 10.3 Å².